The fourth-order valence-corrected chi connectivity index (χ4v) is 2.16. The van der Waals surface area contributed by atoms with E-state index in [1.165, 1.54) is 0 Å². The third kappa shape index (κ3) is 2.76. The monoisotopic (exact) mass is 276 g/mol. The van der Waals surface area contributed by atoms with Gasteiger partial charge in [0.15, 0.2) is 0 Å². The van der Waals surface area contributed by atoms with E-state index in [0.29, 0.717) is 24.4 Å². The van der Waals surface area contributed by atoms with Gasteiger partial charge in [-0.15, -0.1) is 0 Å². The zero-order valence-corrected chi connectivity index (χ0v) is 12.3. The SMILES string of the molecule is COc1ccc(C(C)(C)C)cc1N1CCC(=O)NC1=O. The van der Waals surface area contributed by atoms with Gasteiger partial charge in [0.25, 0.3) is 0 Å². The first-order valence-electron chi connectivity index (χ1n) is 6.63. The minimum absolute atomic E-state index is 0.0247. The van der Waals surface area contributed by atoms with Crippen LogP contribution in [0.5, 0.6) is 5.75 Å². The fourth-order valence-electron chi connectivity index (χ4n) is 2.16. The summed E-state index contributed by atoms with van der Waals surface area (Å²) in [5, 5.41) is 2.33. The summed E-state index contributed by atoms with van der Waals surface area (Å²) in [7, 11) is 1.57. The Hall–Kier alpha value is -2.04. The summed E-state index contributed by atoms with van der Waals surface area (Å²) in [6.07, 6.45) is 0.300. The van der Waals surface area contributed by atoms with E-state index in [9.17, 15) is 9.59 Å². The Kier molecular flexibility index (Phi) is 3.70. The molecule has 3 amide bonds. The predicted molar refractivity (Wildman–Crippen MR) is 77.2 cm³/mol. The van der Waals surface area contributed by atoms with Gasteiger partial charge in [0.1, 0.15) is 5.75 Å². The minimum atomic E-state index is -0.398. The summed E-state index contributed by atoms with van der Waals surface area (Å²) in [5.74, 6) is 0.389. The molecule has 1 heterocycles. The highest BCUT2D eigenvalue weighted by atomic mass is 16.5. The quantitative estimate of drug-likeness (QED) is 0.902. The van der Waals surface area contributed by atoms with Crippen LogP contribution in [0.4, 0.5) is 10.5 Å². The van der Waals surface area contributed by atoms with Crippen molar-refractivity contribution in [3.8, 4) is 5.75 Å². The van der Waals surface area contributed by atoms with Gasteiger partial charge in [0.05, 0.1) is 12.8 Å². The van der Waals surface area contributed by atoms with Crippen molar-refractivity contribution in [1.82, 2.24) is 5.32 Å². The Labute approximate surface area is 118 Å². The van der Waals surface area contributed by atoms with E-state index in [-0.39, 0.29) is 11.3 Å². The lowest BCUT2D eigenvalue weighted by molar-refractivity contribution is -0.120. The van der Waals surface area contributed by atoms with Gasteiger partial charge in [-0.3, -0.25) is 15.0 Å². The summed E-state index contributed by atoms with van der Waals surface area (Å²) in [6, 6.07) is 5.41. The Bertz CT molecular complexity index is 547. The second-order valence-corrected chi connectivity index (χ2v) is 5.89. The van der Waals surface area contributed by atoms with E-state index in [4.69, 9.17) is 4.74 Å². The molecule has 0 radical (unpaired) electrons. The maximum absolute atomic E-state index is 12.0. The Morgan fingerprint density at radius 2 is 1.95 bits per heavy atom. The molecule has 0 bridgehead atoms. The molecule has 5 heteroatoms. The van der Waals surface area contributed by atoms with E-state index >= 15 is 0 Å². The first kappa shape index (κ1) is 14.4. The van der Waals surface area contributed by atoms with E-state index in [0.717, 1.165) is 5.56 Å². The maximum Gasteiger partial charge on any atom is 0.328 e. The van der Waals surface area contributed by atoms with Crippen molar-refractivity contribution in [3.05, 3.63) is 23.8 Å². The highest BCUT2D eigenvalue weighted by Gasteiger charge is 2.27. The van der Waals surface area contributed by atoms with Gasteiger partial charge in [0.2, 0.25) is 5.91 Å². The van der Waals surface area contributed by atoms with Crippen molar-refractivity contribution >= 4 is 17.6 Å². The topological polar surface area (TPSA) is 58.6 Å². The summed E-state index contributed by atoms with van der Waals surface area (Å²) < 4.78 is 5.33. The highest BCUT2D eigenvalue weighted by molar-refractivity contribution is 6.06. The highest BCUT2D eigenvalue weighted by Crippen LogP contribution is 2.34. The normalized spacial score (nSPS) is 16.1. The van der Waals surface area contributed by atoms with Crippen molar-refractivity contribution in [1.29, 1.82) is 0 Å². The Morgan fingerprint density at radius 1 is 1.25 bits per heavy atom. The van der Waals surface area contributed by atoms with Crippen molar-refractivity contribution in [2.24, 2.45) is 0 Å². The molecule has 2 rings (SSSR count). The Morgan fingerprint density at radius 3 is 2.50 bits per heavy atom. The number of nitrogens with one attached hydrogen (secondary N) is 1. The molecule has 0 aliphatic carbocycles. The number of amides is 3. The minimum Gasteiger partial charge on any atom is -0.495 e. The number of benzene rings is 1. The molecule has 1 saturated heterocycles. The van der Waals surface area contributed by atoms with Gasteiger partial charge in [-0.1, -0.05) is 26.8 Å². The van der Waals surface area contributed by atoms with E-state index in [1.807, 2.05) is 18.2 Å². The zero-order chi connectivity index (χ0) is 14.9. The molecule has 1 aliphatic rings. The van der Waals surface area contributed by atoms with Gasteiger partial charge in [-0.2, -0.15) is 0 Å². The molecule has 0 saturated carbocycles. The van der Waals surface area contributed by atoms with Crippen LogP contribution in [0.2, 0.25) is 0 Å². The summed E-state index contributed by atoms with van der Waals surface area (Å²) in [6.45, 7) is 6.70. The van der Waals surface area contributed by atoms with Crippen LogP contribution in [0.15, 0.2) is 18.2 Å². The van der Waals surface area contributed by atoms with Crippen molar-refractivity contribution in [3.63, 3.8) is 0 Å². The van der Waals surface area contributed by atoms with Crippen LogP contribution in [-0.4, -0.2) is 25.6 Å². The summed E-state index contributed by atoms with van der Waals surface area (Å²) in [5.41, 5.74) is 1.78. The number of nitrogens with zero attached hydrogens (tertiary/aromatic N) is 1. The standard InChI is InChI=1S/C15H20N2O3/c1-15(2,3)10-5-6-12(20-4)11(9-10)17-8-7-13(18)16-14(17)19/h5-6,9H,7-8H2,1-4H3,(H,16,18,19). The molecule has 5 nitrogen and oxygen atoms in total. The number of imide groups is 1. The van der Waals surface area contributed by atoms with Crippen molar-refractivity contribution < 1.29 is 14.3 Å². The van der Waals surface area contributed by atoms with E-state index in [2.05, 4.69) is 26.1 Å². The molecule has 1 N–H and O–H groups in total. The van der Waals surface area contributed by atoms with E-state index < -0.39 is 6.03 Å². The van der Waals surface area contributed by atoms with Gasteiger partial charge in [0, 0.05) is 13.0 Å². The van der Waals surface area contributed by atoms with Crippen LogP contribution in [0.1, 0.15) is 32.8 Å². The number of anilines is 1. The molecule has 0 unspecified atom stereocenters. The second-order valence-electron chi connectivity index (χ2n) is 5.89. The lowest BCUT2D eigenvalue weighted by atomic mass is 9.86. The van der Waals surface area contributed by atoms with Crippen LogP contribution in [0, 0.1) is 0 Å². The summed E-state index contributed by atoms with van der Waals surface area (Å²) >= 11 is 0. The largest absolute Gasteiger partial charge is 0.495 e. The van der Waals surface area contributed by atoms with Crippen molar-refractivity contribution in [2.75, 3.05) is 18.6 Å². The van der Waals surface area contributed by atoms with Gasteiger partial charge in [-0.05, 0) is 23.1 Å². The average molecular weight is 276 g/mol. The third-order valence-electron chi connectivity index (χ3n) is 3.39. The first-order chi connectivity index (χ1) is 9.32. The number of rotatable bonds is 2. The number of urea groups is 1. The van der Waals surface area contributed by atoms with Crippen molar-refractivity contribution in [2.45, 2.75) is 32.6 Å². The average Bonchev–Trinajstić information content (AvgIpc) is 2.37. The number of carbonyl (C=O) groups excluding carboxylic acids is 2. The number of methoxy groups -OCH3 is 1. The maximum atomic E-state index is 12.0. The smallest absolute Gasteiger partial charge is 0.328 e. The predicted octanol–water partition coefficient (Wildman–Crippen LogP) is 2.44. The molecular formula is C15H20N2O3. The van der Waals surface area contributed by atoms with Crippen LogP contribution in [0.25, 0.3) is 0 Å². The number of ether oxygens (including phenoxy) is 1. The number of hydrogen-bond acceptors (Lipinski definition) is 3. The second kappa shape index (κ2) is 5.15. The molecule has 1 fully saturated rings. The molecule has 20 heavy (non-hydrogen) atoms. The third-order valence-corrected chi connectivity index (χ3v) is 3.39. The molecule has 108 valence electrons. The number of hydrogen-bond donors (Lipinski definition) is 1. The molecule has 1 aliphatic heterocycles. The van der Waals surface area contributed by atoms with Crippen LogP contribution in [0.3, 0.4) is 0 Å². The fraction of sp³-hybridized carbons (Fsp3) is 0.467. The lowest BCUT2D eigenvalue weighted by Gasteiger charge is -2.29. The molecule has 1 aromatic rings. The molecule has 0 spiro atoms. The molecule has 1 aromatic carbocycles. The first-order valence-corrected chi connectivity index (χ1v) is 6.63. The van der Waals surface area contributed by atoms with E-state index in [1.54, 1.807) is 12.0 Å². The zero-order valence-electron chi connectivity index (χ0n) is 12.3. The van der Waals surface area contributed by atoms with Gasteiger partial charge < -0.3 is 4.74 Å². The number of carbonyl (C=O) groups is 2. The van der Waals surface area contributed by atoms with Gasteiger partial charge in [-0.25, -0.2) is 4.79 Å². The van der Waals surface area contributed by atoms with Gasteiger partial charge >= 0.3 is 6.03 Å². The Balaban J connectivity index is 2.43. The molecule has 0 atom stereocenters. The van der Waals surface area contributed by atoms with Crippen LogP contribution in [-0.2, 0) is 10.2 Å². The molecular weight excluding hydrogens is 256 g/mol. The van der Waals surface area contributed by atoms with Crippen LogP contribution < -0.4 is 15.0 Å². The summed E-state index contributed by atoms with van der Waals surface area (Å²) in [4.78, 5) is 24.8. The lowest BCUT2D eigenvalue weighted by Crippen LogP contribution is -2.49. The molecule has 0 aromatic heterocycles. The van der Waals surface area contributed by atoms with Crippen LogP contribution >= 0.6 is 0 Å².